The summed E-state index contributed by atoms with van der Waals surface area (Å²) in [6, 6.07) is 8.10. The van der Waals surface area contributed by atoms with Crippen LogP contribution in [0.1, 0.15) is 37.3 Å². The minimum absolute atomic E-state index is 0.674. The van der Waals surface area contributed by atoms with Gasteiger partial charge in [-0.15, -0.1) is 0 Å². The fourth-order valence-corrected chi connectivity index (χ4v) is 2.75. The highest BCUT2D eigenvalue weighted by atomic mass is 16.4. The standard InChI is InChI=1S/C15H21NO2/c1-2-12-4-6-13(7-5-12)15(14(17)18)8-3-10-16-11-9-15/h4-7,16H,2-3,8-11H2,1H3,(H,17,18). The predicted octanol–water partition coefficient (Wildman–Crippen LogP) is 2.34. The molecule has 1 fully saturated rings. The Bertz CT molecular complexity index is 403. The lowest BCUT2D eigenvalue weighted by atomic mass is 9.74. The fourth-order valence-electron chi connectivity index (χ4n) is 2.75. The van der Waals surface area contributed by atoms with Crippen molar-refractivity contribution in [3.05, 3.63) is 35.4 Å². The van der Waals surface area contributed by atoms with Crippen LogP contribution in [-0.2, 0) is 16.6 Å². The zero-order chi connectivity index (χ0) is 13.0. The van der Waals surface area contributed by atoms with E-state index in [1.165, 1.54) is 5.56 Å². The monoisotopic (exact) mass is 247 g/mol. The van der Waals surface area contributed by atoms with Crippen molar-refractivity contribution in [2.75, 3.05) is 13.1 Å². The zero-order valence-corrected chi connectivity index (χ0v) is 10.9. The Kier molecular flexibility index (Phi) is 4.02. The molecule has 98 valence electrons. The van der Waals surface area contributed by atoms with E-state index in [2.05, 4.69) is 24.4 Å². The van der Waals surface area contributed by atoms with E-state index < -0.39 is 11.4 Å². The van der Waals surface area contributed by atoms with Gasteiger partial charge in [0.2, 0.25) is 0 Å². The van der Waals surface area contributed by atoms with Gasteiger partial charge in [-0.25, -0.2) is 0 Å². The van der Waals surface area contributed by atoms with E-state index in [0.29, 0.717) is 6.42 Å². The molecule has 0 aliphatic carbocycles. The molecule has 1 aromatic carbocycles. The summed E-state index contributed by atoms with van der Waals surface area (Å²) >= 11 is 0. The maximum absolute atomic E-state index is 11.8. The van der Waals surface area contributed by atoms with Crippen LogP contribution in [0.4, 0.5) is 0 Å². The first-order valence-electron chi connectivity index (χ1n) is 6.72. The largest absolute Gasteiger partial charge is 0.481 e. The molecule has 0 amide bonds. The number of hydrogen-bond donors (Lipinski definition) is 2. The first-order valence-corrected chi connectivity index (χ1v) is 6.72. The van der Waals surface area contributed by atoms with E-state index in [-0.39, 0.29) is 0 Å². The van der Waals surface area contributed by atoms with Crippen molar-refractivity contribution in [1.29, 1.82) is 0 Å². The first kappa shape index (κ1) is 13.1. The van der Waals surface area contributed by atoms with Crippen molar-refractivity contribution < 1.29 is 9.90 Å². The number of carboxylic acids is 1. The molecule has 1 aromatic rings. The topological polar surface area (TPSA) is 49.3 Å². The maximum Gasteiger partial charge on any atom is 0.314 e. The van der Waals surface area contributed by atoms with Crippen molar-refractivity contribution in [2.45, 2.75) is 38.0 Å². The Balaban J connectivity index is 2.35. The average molecular weight is 247 g/mol. The second-order valence-corrected chi connectivity index (χ2v) is 5.04. The van der Waals surface area contributed by atoms with Crippen molar-refractivity contribution in [1.82, 2.24) is 5.32 Å². The summed E-state index contributed by atoms with van der Waals surface area (Å²) in [7, 11) is 0. The number of aryl methyl sites for hydroxylation is 1. The first-order chi connectivity index (χ1) is 8.69. The summed E-state index contributed by atoms with van der Waals surface area (Å²) in [4.78, 5) is 11.8. The van der Waals surface area contributed by atoms with Crippen LogP contribution < -0.4 is 5.32 Å². The molecule has 1 heterocycles. The van der Waals surface area contributed by atoms with Crippen LogP contribution in [0, 0.1) is 0 Å². The number of carbonyl (C=O) groups is 1. The van der Waals surface area contributed by atoms with Gasteiger partial charge in [-0.05, 0) is 49.9 Å². The number of carboxylic acid groups (broad SMARTS) is 1. The third-order valence-electron chi connectivity index (χ3n) is 4.01. The molecule has 0 spiro atoms. The summed E-state index contributed by atoms with van der Waals surface area (Å²) < 4.78 is 0. The number of nitrogens with one attached hydrogen (secondary N) is 1. The van der Waals surface area contributed by atoms with Gasteiger partial charge in [-0.3, -0.25) is 4.79 Å². The number of benzene rings is 1. The summed E-state index contributed by atoms with van der Waals surface area (Å²) in [6.07, 6.45) is 3.30. The second kappa shape index (κ2) is 5.53. The molecule has 0 aromatic heterocycles. The smallest absolute Gasteiger partial charge is 0.314 e. The van der Waals surface area contributed by atoms with Crippen LogP contribution in [-0.4, -0.2) is 24.2 Å². The van der Waals surface area contributed by atoms with Crippen LogP contribution in [0.25, 0.3) is 0 Å². The molecule has 2 N–H and O–H groups in total. The molecular weight excluding hydrogens is 226 g/mol. The Hall–Kier alpha value is -1.35. The van der Waals surface area contributed by atoms with Gasteiger partial charge in [-0.2, -0.15) is 0 Å². The quantitative estimate of drug-likeness (QED) is 0.862. The molecule has 1 unspecified atom stereocenters. The molecule has 0 radical (unpaired) electrons. The fraction of sp³-hybridized carbons (Fsp3) is 0.533. The Morgan fingerprint density at radius 3 is 2.61 bits per heavy atom. The van der Waals surface area contributed by atoms with Gasteiger partial charge in [0.1, 0.15) is 0 Å². The van der Waals surface area contributed by atoms with E-state index >= 15 is 0 Å². The van der Waals surface area contributed by atoms with Gasteiger partial charge in [-0.1, -0.05) is 31.2 Å². The molecule has 0 bridgehead atoms. The van der Waals surface area contributed by atoms with Crippen molar-refractivity contribution in [3.63, 3.8) is 0 Å². The SMILES string of the molecule is CCc1ccc(C2(C(=O)O)CCCNCC2)cc1. The average Bonchev–Trinajstić information content (AvgIpc) is 2.65. The van der Waals surface area contributed by atoms with Gasteiger partial charge in [0.05, 0.1) is 5.41 Å². The lowest BCUT2D eigenvalue weighted by molar-refractivity contribution is -0.144. The van der Waals surface area contributed by atoms with Crippen LogP contribution in [0.15, 0.2) is 24.3 Å². The van der Waals surface area contributed by atoms with E-state index in [1.54, 1.807) is 0 Å². The predicted molar refractivity (Wildman–Crippen MR) is 71.9 cm³/mol. The Labute approximate surface area is 108 Å². The molecule has 1 aliphatic rings. The highest BCUT2D eigenvalue weighted by Crippen LogP contribution is 2.34. The molecule has 2 rings (SSSR count). The number of hydrogen-bond acceptors (Lipinski definition) is 2. The van der Waals surface area contributed by atoms with E-state index in [0.717, 1.165) is 37.9 Å². The summed E-state index contributed by atoms with van der Waals surface area (Å²) in [6.45, 7) is 3.81. The van der Waals surface area contributed by atoms with Crippen molar-refractivity contribution in [2.24, 2.45) is 0 Å². The summed E-state index contributed by atoms with van der Waals surface area (Å²) in [5.74, 6) is -0.685. The van der Waals surface area contributed by atoms with Gasteiger partial charge in [0.25, 0.3) is 0 Å². The van der Waals surface area contributed by atoms with E-state index in [9.17, 15) is 9.90 Å². The lowest BCUT2D eigenvalue weighted by Crippen LogP contribution is -2.36. The summed E-state index contributed by atoms with van der Waals surface area (Å²) in [5.41, 5.74) is 1.51. The normalized spacial score (nSPS) is 24.5. The summed E-state index contributed by atoms with van der Waals surface area (Å²) in [5, 5.41) is 13.0. The number of rotatable bonds is 3. The lowest BCUT2D eigenvalue weighted by Gasteiger charge is -2.28. The minimum Gasteiger partial charge on any atom is -0.481 e. The number of aliphatic carboxylic acids is 1. The van der Waals surface area contributed by atoms with Crippen LogP contribution in [0.2, 0.25) is 0 Å². The molecule has 3 nitrogen and oxygen atoms in total. The van der Waals surface area contributed by atoms with Gasteiger partial charge in [0.15, 0.2) is 0 Å². The van der Waals surface area contributed by atoms with E-state index in [1.807, 2.05) is 12.1 Å². The van der Waals surface area contributed by atoms with Crippen LogP contribution >= 0.6 is 0 Å². The van der Waals surface area contributed by atoms with Crippen molar-refractivity contribution in [3.8, 4) is 0 Å². The van der Waals surface area contributed by atoms with Gasteiger partial charge < -0.3 is 10.4 Å². The van der Waals surface area contributed by atoms with Crippen molar-refractivity contribution >= 4 is 5.97 Å². The molecule has 3 heteroatoms. The van der Waals surface area contributed by atoms with Crippen LogP contribution in [0.3, 0.4) is 0 Å². The van der Waals surface area contributed by atoms with E-state index in [4.69, 9.17) is 0 Å². The molecule has 0 saturated carbocycles. The Morgan fingerprint density at radius 1 is 1.28 bits per heavy atom. The molecule has 1 aliphatic heterocycles. The Morgan fingerprint density at radius 2 is 2.00 bits per heavy atom. The van der Waals surface area contributed by atoms with Gasteiger partial charge >= 0.3 is 5.97 Å². The highest BCUT2D eigenvalue weighted by Gasteiger charge is 2.40. The molecular formula is C15H21NO2. The third-order valence-corrected chi connectivity index (χ3v) is 4.01. The molecule has 1 atom stereocenters. The third kappa shape index (κ3) is 2.41. The van der Waals surface area contributed by atoms with Crippen LogP contribution in [0.5, 0.6) is 0 Å². The second-order valence-electron chi connectivity index (χ2n) is 5.04. The van der Waals surface area contributed by atoms with Gasteiger partial charge in [0, 0.05) is 0 Å². The minimum atomic E-state index is -0.699. The maximum atomic E-state index is 11.8. The molecule has 18 heavy (non-hydrogen) atoms. The zero-order valence-electron chi connectivity index (χ0n) is 10.9. The highest BCUT2D eigenvalue weighted by molar-refractivity contribution is 5.81. The molecule has 1 saturated heterocycles.